The molecule has 2 heterocycles. The van der Waals surface area contributed by atoms with Crippen molar-refractivity contribution in [2.75, 3.05) is 39.3 Å². The van der Waals surface area contributed by atoms with Crippen LogP contribution in [0.3, 0.4) is 0 Å². The van der Waals surface area contributed by atoms with Gasteiger partial charge in [0, 0.05) is 44.9 Å². The van der Waals surface area contributed by atoms with Crippen molar-refractivity contribution in [2.45, 2.75) is 6.42 Å². The van der Waals surface area contributed by atoms with E-state index in [0.29, 0.717) is 6.54 Å². The van der Waals surface area contributed by atoms with Crippen molar-refractivity contribution < 1.29 is 9.59 Å². The predicted octanol–water partition coefficient (Wildman–Crippen LogP) is 0.0503. The monoisotopic (exact) mass is 295 g/mol. The standard InChI is InChI=1S/C11H17N3O2.2ClH/c15-10-2-3-11(16)14(10)7-1-6-13-8-4-12-5-9-13;;/h2-3,12H,1,4-9H2;2*1H. The van der Waals surface area contributed by atoms with Crippen molar-refractivity contribution in [3.8, 4) is 0 Å². The maximum absolute atomic E-state index is 11.3. The van der Waals surface area contributed by atoms with Gasteiger partial charge in [0.1, 0.15) is 0 Å². The van der Waals surface area contributed by atoms with E-state index in [2.05, 4.69) is 10.2 Å². The second-order valence-electron chi connectivity index (χ2n) is 4.11. The maximum atomic E-state index is 11.3. The second kappa shape index (κ2) is 8.48. The number of hydrogen-bond acceptors (Lipinski definition) is 4. The quantitative estimate of drug-likeness (QED) is 0.745. The summed E-state index contributed by atoms with van der Waals surface area (Å²) in [5.74, 6) is -0.351. The lowest BCUT2D eigenvalue weighted by atomic mass is 10.3. The molecule has 1 fully saturated rings. The van der Waals surface area contributed by atoms with Gasteiger partial charge >= 0.3 is 0 Å². The molecule has 18 heavy (non-hydrogen) atoms. The van der Waals surface area contributed by atoms with Crippen LogP contribution in [0, 0.1) is 0 Å². The largest absolute Gasteiger partial charge is 0.314 e. The van der Waals surface area contributed by atoms with Crippen molar-refractivity contribution in [1.29, 1.82) is 0 Å². The normalized spacial score (nSPS) is 19.7. The Morgan fingerprint density at radius 3 is 2.11 bits per heavy atom. The molecule has 0 aromatic rings. The molecule has 5 nitrogen and oxygen atoms in total. The summed E-state index contributed by atoms with van der Waals surface area (Å²) >= 11 is 0. The molecule has 1 saturated heterocycles. The van der Waals surface area contributed by atoms with E-state index >= 15 is 0 Å². The van der Waals surface area contributed by atoms with Crippen molar-refractivity contribution in [3.05, 3.63) is 12.2 Å². The number of nitrogens with zero attached hydrogens (tertiary/aromatic N) is 2. The van der Waals surface area contributed by atoms with Gasteiger partial charge in [-0.05, 0) is 13.0 Å². The third-order valence-corrected chi connectivity index (χ3v) is 2.97. The molecule has 104 valence electrons. The first-order valence-electron chi connectivity index (χ1n) is 5.74. The fraction of sp³-hybridized carbons (Fsp3) is 0.636. The number of halogens is 2. The number of imide groups is 1. The Kier molecular flexibility index (Phi) is 8.18. The number of amides is 2. The lowest BCUT2D eigenvalue weighted by Crippen LogP contribution is -2.44. The van der Waals surface area contributed by atoms with E-state index in [4.69, 9.17) is 0 Å². The van der Waals surface area contributed by atoms with Gasteiger partial charge in [-0.1, -0.05) is 0 Å². The van der Waals surface area contributed by atoms with Crippen molar-refractivity contribution >= 4 is 36.6 Å². The summed E-state index contributed by atoms with van der Waals surface area (Å²) in [6, 6.07) is 0. The average Bonchev–Trinajstić information content (AvgIpc) is 2.62. The van der Waals surface area contributed by atoms with Gasteiger partial charge < -0.3 is 10.2 Å². The molecule has 2 rings (SSSR count). The molecule has 0 aromatic heterocycles. The first-order valence-corrected chi connectivity index (χ1v) is 5.74. The summed E-state index contributed by atoms with van der Waals surface area (Å²) in [6.45, 7) is 5.67. The molecule has 7 heteroatoms. The van der Waals surface area contributed by atoms with E-state index in [-0.39, 0.29) is 36.6 Å². The number of hydrogen-bond donors (Lipinski definition) is 1. The third-order valence-electron chi connectivity index (χ3n) is 2.97. The third kappa shape index (κ3) is 4.57. The number of rotatable bonds is 4. The van der Waals surface area contributed by atoms with E-state index in [9.17, 15) is 9.59 Å². The summed E-state index contributed by atoms with van der Waals surface area (Å²) in [7, 11) is 0. The highest BCUT2D eigenvalue weighted by Crippen LogP contribution is 2.05. The van der Waals surface area contributed by atoms with Crippen molar-refractivity contribution in [3.63, 3.8) is 0 Å². The van der Waals surface area contributed by atoms with Crippen LogP contribution in [0.2, 0.25) is 0 Å². The molecule has 0 unspecified atom stereocenters. The molecule has 0 spiro atoms. The summed E-state index contributed by atoms with van der Waals surface area (Å²) < 4.78 is 0. The van der Waals surface area contributed by atoms with E-state index in [1.165, 1.54) is 17.1 Å². The molecule has 2 aliphatic rings. The smallest absolute Gasteiger partial charge is 0.253 e. The molecule has 0 aromatic carbocycles. The van der Waals surface area contributed by atoms with Crippen LogP contribution in [0.4, 0.5) is 0 Å². The van der Waals surface area contributed by atoms with Crippen molar-refractivity contribution in [1.82, 2.24) is 15.1 Å². The molecule has 2 aliphatic heterocycles. The predicted molar refractivity (Wildman–Crippen MR) is 74.3 cm³/mol. The second-order valence-corrected chi connectivity index (χ2v) is 4.11. The van der Waals surface area contributed by atoms with Crippen molar-refractivity contribution in [2.24, 2.45) is 0 Å². The number of carbonyl (C=O) groups is 2. The Bertz CT molecular complexity index is 299. The molecule has 0 radical (unpaired) electrons. The molecule has 0 saturated carbocycles. The molecule has 0 aliphatic carbocycles. The lowest BCUT2D eigenvalue weighted by Gasteiger charge is -2.27. The number of piperazine rings is 1. The zero-order valence-electron chi connectivity index (χ0n) is 10.1. The van der Waals surface area contributed by atoms with E-state index < -0.39 is 0 Å². The number of carbonyl (C=O) groups excluding carboxylic acids is 2. The molecule has 2 amide bonds. The van der Waals surface area contributed by atoms with Crippen LogP contribution in [-0.2, 0) is 9.59 Å². The van der Waals surface area contributed by atoms with Crippen LogP contribution >= 0.6 is 24.8 Å². The minimum absolute atomic E-state index is 0. The average molecular weight is 296 g/mol. The summed E-state index contributed by atoms with van der Waals surface area (Å²) in [5.41, 5.74) is 0. The highest BCUT2D eigenvalue weighted by Gasteiger charge is 2.22. The Labute approximate surface area is 119 Å². The lowest BCUT2D eigenvalue weighted by molar-refractivity contribution is -0.136. The van der Waals surface area contributed by atoms with Gasteiger partial charge in [-0.3, -0.25) is 14.5 Å². The van der Waals surface area contributed by atoms with Crippen LogP contribution < -0.4 is 5.32 Å². The van der Waals surface area contributed by atoms with Gasteiger partial charge in [0.25, 0.3) is 11.8 Å². The zero-order chi connectivity index (χ0) is 11.4. The van der Waals surface area contributed by atoms with E-state index in [1.54, 1.807) is 0 Å². The van der Waals surface area contributed by atoms with E-state index in [0.717, 1.165) is 39.1 Å². The highest BCUT2D eigenvalue weighted by atomic mass is 35.5. The Morgan fingerprint density at radius 1 is 1.00 bits per heavy atom. The van der Waals surface area contributed by atoms with Crippen LogP contribution in [0.5, 0.6) is 0 Å². The van der Waals surface area contributed by atoms with Gasteiger partial charge in [0.05, 0.1) is 0 Å². The Hall–Kier alpha value is -0.620. The Balaban J connectivity index is 0.00000144. The van der Waals surface area contributed by atoms with Gasteiger partial charge in [-0.2, -0.15) is 0 Å². The Morgan fingerprint density at radius 2 is 1.56 bits per heavy atom. The number of nitrogens with one attached hydrogen (secondary N) is 1. The zero-order valence-corrected chi connectivity index (χ0v) is 11.8. The maximum Gasteiger partial charge on any atom is 0.253 e. The van der Waals surface area contributed by atoms with Gasteiger partial charge in [0.2, 0.25) is 0 Å². The first-order chi connectivity index (χ1) is 7.77. The molecular weight excluding hydrogens is 277 g/mol. The topological polar surface area (TPSA) is 52.7 Å². The fourth-order valence-corrected chi connectivity index (χ4v) is 2.04. The molecule has 0 bridgehead atoms. The molecule has 1 N–H and O–H groups in total. The minimum atomic E-state index is -0.176. The highest BCUT2D eigenvalue weighted by molar-refractivity contribution is 6.12. The van der Waals surface area contributed by atoms with Gasteiger partial charge in [0.15, 0.2) is 0 Å². The first kappa shape index (κ1) is 17.4. The SMILES string of the molecule is Cl.Cl.O=C1C=CC(=O)N1CCCN1CCNCC1. The van der Waals surface area contributed by atoms with Gasteiger partial charge in [-0.25, -0.2) is 0 Å². The van der Waals surface area contributed by atoms with Crippen LogP contribution in [0.25, 0.3) is 0 Å². The summed E-state index contributed by atoms with van der Waals surface area (Å²) in [5, 5.41) is 3.29. The van der Waals surface area contributed by atoms with Crippen LogP contribution in [0.15, 0.2) is 12.2 Å². The summed E-state index contributed by atoms with van der Waals surface area (Å²) in [4.78, 5) is 26.2. The molecule has 0 atom stereocenters. The van der Waals surface area contributed by atoms with E-state index in [1.807, 2.05) is 0 Å². The van der Waals surface area contributed by atoms with Gasteiger partial charge in [-0.15, -0.1) is 24.8 Å². The fourth-order valence-electron chi connectivity index (χ4n) is 2.04. The summed E-state index contributed by atoms with van der Waals surface area (Å²) in [6.07, 6.45) is 3.54. The van der Waals surface area contributed by atoms with Crippen LogP contribution in [0.1, 0.15) is 6.42 Å². The molecular formula is C11H19Cl2N3O2. The van der Waals surface area contributed by atoms with Crippen LogP contribution in [-0.4, -0.2) is 60.9 Å². The minimum Gasteiger partial charge on any atom is -0.314 e.